The molecule has 0 saturated carbocycles. The summed E-state index contributed by atoms with van der Waals surface area (Å²) in [6.07, 6.45) is 6.03. The van der Waals surface area contributed by atoms with Crippen molar-refractivity contribution >= 4 is 5.91 Å². The second-order valence-electron chi connectivity index (χ2n) is 3.65. The second kappa shape index (κ2) is 10.5. The molecule has 0 unspecified atom stereocenters. The van der Waals surface area contributed by atoms with Crippen molar-refractivity contribution < 1.29 is 4.79 Å². The molecule has 0 aliphatic rings. The summed E-state index contributed by atoms with van der Waals surface area (Å²) < 4.78 is 0. The van der Waals surface area contributed by atoms with Crippen LogP contribution < -0.4 is 10.6 Å². The van der Waals surface area contributed by atoms with E-state index in [1.54, 1.807) is 6.92 Å². The van der Waals surface area contributed by atoms with Gasteiger partial charge in [0.05, 0.1) is 0 Å². The van der Waals surface area contributed by atoms with Crippen LogP contribution in [0.2, 0.25) is 0 Å². The highest BCUT2D eigenvalue weighted by Crippen LogP contribution is 1.92. The number of rotatable bonds is 9. The second-order valence-corrected chi connectivity index (χ2v) is 3.65. The maximum absolute atomic E-state index is 10.5. The van der Waals surface area contributed by atoms with Gasteiger partial charge in [0.1, 0.15) is 0 Å². The number of amides is 1. The summed E-state index contributed by atoms with van der Waals surface area (Å²) >= 11 is 0. The Hall–Kier alpha value is -0.570. The van der Waals surface area contributed by atoms with Crippen molar-refractivity contribution in [1.29, 1.82) is 0 Å². The van der Waals surface area contributed by atoms with Crippen LogP contribution in [0.3, 0.4) is 0 Å². The molecule has 0 aliphatic carbocycles. The third-order valence-electron chi connectivity index (χ3n) is 2.11. The Bertz CT molecular complexity index is 137. The topological polar surface area (TPSA) is 41.1 Å². The molecule has 0 spiro atoms. The van der Waals surface area contributed by atoms with Crippen LogP contribution in [0.1, 0.15) is 46.0 Å². The highest BCUT2D eigenvalue weighted by atomic mass is 16.1. The average molecular weight is 200 g/mol. The van der Waals surface area contributed by atoms with E-state index in [9.17, 15) is 4.79 Å². The van der Waals surface area contributed by atoms with Gasteiger partial charge in [-0.3, -0.25) is 4.79 Å². The van der Waals surface area contributed by atoms with E-state index in [1.807, 2.05) is 0 Å². The van der Waals surface area contributed by atoms with Crippen molar-refractivity contribution in [2.45, 2.75) is 46.0 Å². The first-order valence-corrected chi connectivity index (χ1v) is 5.72. The summed E-state index contributed by atoms with van der Waals surface area (Å²) in [6.45, 7) is 6.84. The SMILES string of the molecule is CCCCNCCCCCNC(C)=O. The van der Waals surface area contributed by atoms with Crippen LogP contribution in [0, 0.1) is 0 Å². The van der Waals surface area contributed by atoms with Crippen LogP contribution in [0.25, 0.3) is 0 Å². The molecule has 3 heteroatoms. The fraction of sp³-hybridized carbons (Fsp3) is 0.909. The third-order valence-corrected chi connectivity index (χ3v) is 2.11. The number of hydrogen-bond acceptors (Lipinski definition) is 2. The highest BCUT2D eigenvalue weighted by molar-refractivity contribution is 5.72. The van der Waals surface area contributed by atoms with Gasteiger partial charge >= 0.3 is 0 Å². The number of carbonyl (C=O) groups excluding carboxylic acids is 1. The van der Waals surface area contributed by atoms with Gasteiger partial charge in [0.2, 0.25) is 5.91 Å². The van der Waals surface area contributed by atoms with E-state index in [1.165, 1.54) is 25.7 Å². The first-order chi connectivity index (χ1) is 6.77. The lowest BCUT2D eigenvalue weighted by Gasteiger charge is -2.04. The molecular formula is C11H24N2O. The zero-order valence-corrected chi connectivity index (χ0v) is 9.57. The van der Waals surface area contributed by atoms with E-state index in [2.05, 4.69) is 17.6 Å². The van der Waals surface area contributed by atoms with E-state index >= 15 is 0 Å². The molecule has 0 bridgehead atoms. The minimum Gasteiger partial charge on any atom is -0.356 e. The van der Waals surface area contributed by atoms with Gasteiger partial charge in [-0.2, -0.15) is 0 Å². The Morgan fingerprint density at radius 1 is 1.00 bits per heavy atom. The summed E-state index contributed by atoms with van der Waals surface area (Å²) in [5.74, 6) is 0.0751. The van der Waals surface area contributed by atoms with Crippen LogP contribution in [0.4, 0.5) is 0 Å². The molecule has 0 aromatic heterocycles. The van der Waals surface area contributed by atoms with Crippen molar-refractivity contribution in [3.05, 3.63) is 0 Å². The standard InChI is InChI=1S/C11H24N2O/c1-3-4-8-12-9-6-5-7-10-13-11(2)14/h12H,3-10H2,1-2H3,(H,13,14). The minimum absolute atomic E-state index is 0.0751. The molecule has 0 aromatic carbocycles. The molecule has 0 atom stereocenters. The van der Waals surface area contributed by atoms with E-state index in [-0.39, 0.29) is 5.91 Å². The molecular weight excluding hydrogens is 176 g/mol. The first kappa shape index (κ1) is 13.4. The number of carbonyl (C=O) groups is 1. The molecule has 0 rings (SSSR count). The molecule has 0 fully saturated rings. The predicted octanol–water partition coefficient (Wildman–Crippen LogP) is 1.68. The molecule has 0 radical (unpaired) electrons. The van der Waals surface area contributed by atoms with Gasteiger partial charge in [0, 0.05) is 13.5 Å². The molecule has 3 nitrogen and oxygen atoms in total. The Balaban J connectivity index is 2.88. The van der Waals surface area contributed by atoms with Gasteiger partial charge in [0.25, 0.3) is 0 Å². The molecule has 14 heavy (non-hydrogen) atoms. The minimum atomic E-state index is 0.0751. The Morgan fingerprint density at radius 2 is 1.64 bits per heavy atom. The van der Waals surface area contributed by atoms with Crippen LogP contribution in [-0.4, -0.2) is 25.5 Å². The normalized spacial score (nSPS) is 10.1. The molecule has 1 amide bonds. The van der Waals surface area contributed by atoms with Crippen molar-refractivity contribution in [2.24, 2.45) is 0 Å². The number of unbranched alkanes of at least 4 members (excludes halogenated alkanes) is 3. The molecule has 0 aliphatic heterocycles. The molecule has 0 saturated heterocycles. The Morgan fingerprint density at radius 3 is 2.29 bits per heavy atom. The smallest absolute Gasteiger partial charge is 0.216 e. The predicted molar refractivity (Wildman–Crippen MR) is 60.3 cm³/mol. The fourth-order valence-electron chi connectivity index (χ4n) is 1.24. The lowest BCUT2D eigenvalue weighted by atomic mass is 10.2. The Kier molecular flexibility index (Phi) is 10.1. The highest BCUT2D eigenvalue weighted by Gasteiger charge is 1.91. The summed E-state index contributed by atoms with van der Waals surface area (Å²) in [5.41, 5.74) is 0. The third kappa shape index (κ3) is 11.4. The number of nitrogens with one attached hydrogen (secondary N) is 2. The molecule has 84 valence electrons. The quantitative estimate of drug-likeness (QED) is 0.556. The first-order valence-electron chi connectivity index (χ1n) is 5.72. The van der Waals surface area contributed by atoms with Crippen molar-refractivity contribution in [3.63, 3.8) is 0 Å². The largest absolute Gasteiger partial charge is 0.356 e. The van der Waals surface area contributed by atoms with Gasteiger partial charge in [-0.15, -0.1) is 0 Å². The zero-order chi connectivity index (χ0) is 10.6. The molecule has 0 heterocycles. The summed E-state index contributed by atoms with van der Waals surface area (Å²) in [6, 6.07) is 0. The number of hydrogen-bond donors (Lipinski definition) is 2. The van der Waals surface area contributed by atoms with Crippen LogP contribution in [-0.2, 0) is 4.79 Å². The van der Waals surface area contributed by atoms with Crippen LogP contribution in [0.15, 0.2) is 0 Å². The van der Waals surface area contributed by atoms with Crippen molar-refractivity contribution in [3.8, 4) is 0 Å². The molecule has 0 aromatic rings. The summed E-state index contributed by atoms with van der Waals surface area (Å²) in [4.78, 5) is 10.5. The van der Waals surface area contributed by atoms with Crippen LogP contribution in [0.5, 0.6) is 0 Å². The van der Waals surface area contributed by atoms with Crippen LogP contribution >= 0.6 is 0 Å². The van der Waals surface area contributed by atoms with Gasteiger partial charge in [0.15, 0.2) is 0 Å². The fourth-order valence-corrected chi connectivity index (χ4v) is 1.24. The van der Waals surface area contributed by atoms with Crippen molar-refractivity contribution in [1.82, 2.24) is 10.6 Å². The lowest BCUT2D eigenvalue weighted by molar-refractivity contribution is -0.118. The van der Waals surface area contributed by atoms with Crippen molar-refractivity contribution in [2.75, 3.05) is 19.6 Å². The molecule has 2 N–H and O–H groups in total. The Labute approximate surface area is 87.6 Å². The zero-order valence-electron chi connectivity index (χ0n) is 9.57. The van der Waals surface area contributed by atoms with E-state index in [0.717, 1.165) is 26.1 Å². The monoisotopic (exact) mass is 200 g/mol. The van der Waals surface area contributed by atoms with Gasteiger partial charge in [-0.25, -0.2) is 0 Å². The summed E-state index contributed by atoms with van der Waals surface area (Å²) in [5, 5.41) is 6.20. The maximum Gasteiger partial charge on any atom is 0.216 e. The summed E-state index contributed by atoms with van der Waals surface area (Å²) in [7, 11) is 0. The maximum atomic E-state index is 10.5. The van der Waals surface area contributed by atoms with E-state index < -0.39 is 0 Å². The van der Waals surface area contributed by atoms with Gasteiger partial charge < -0.3 is 10.6 Å². The van der Waals surface area contributed by atoms with Gasteiger partial charge in [-0.1, -0.05) is 19.8 Å². The van der Waals surface area contributed by atoms with Gasteiger partial charge in [-0.05, 0) is 32.4 Å². The average Bonchev–Trinajstić information content (AvgIpc) is 2.15. The van der Waals surface area contributed by atoms with E-state index in [4.69, 9.17) is 0 Å². The van der Waals surface area contributed by atoms with E-state index in [0.29, 0.717) is 0 Å². The lowest BCUT2D eigenvalue weighted by Crippen LogP contribution is -2.21.